The quantitative estimate of drug-likeness (QED) is 0.825. The van der Waals surface area contributed by atoms with Gasteiger partial charge in [-0.3, -0.25) is 9.78 Å². The van der Waals surface area contributed by atoms with Crippen molar-refractivity contribution in [2.75, 3.05) is 0 Å². The van der Waals surface area contributed by atoms with E-state index in [-0.39, 0.29) is 11.9 Å². The van der Waals surface area contributed by atoms with Gasteiger partial charge in [0.2, 0.25) is 0 Å². The van der Waals surface area contributed by atoms with Gasteiger partial charge in [-0.25, -0.2) is 4.79 Å². The molecule has 1 aromatic rings. The molecule has 1 heterocycles. The third-order valence-corrected chi connectivity index (χ3v) is 3.38. The van der Waals surface area contributed by atoms with Crippen molar-refractivity contribution >= 4 is 18.0 Å². The lowest BCUT2D eigenvalue weighted by Gasteiger charge is -2.22. The molecule has 5 nitrogen and oxygen atoms in total. The Kier molecular flexibility index (Phi) is 4.87. The smallest absolute Gasteiger partial charge is 0.328 e. The van der Waals surface area contributed by atoms with E-state index in [2.05, 4.69) is 10.3 Å². The fraction of sp³-hybridized carbons (Fsp3) is 0.400. The lowest BCUT2D eigenvalue weighted by Crippen LogP contribution is -2.36. The number of pyridine rings is 1. The summed E-state index contributed by atoms with van der Waals surface area (Å²) < 4.78 is 0. The molecular weight excluding hydrogens is 256 g/mol. The van der Waals surface area contributed by atoms with Crippen LogP contribution in [0.25, 0.3) is 6.08 Å². The number of nitrogens with one attached hydrogen (secondary N) is 1. The SMILES string of the molecule is O=C(O)C=Cc1cncc(C(=O)NC2CCCCC2)c1. The molecule has 0 unspecified atom stereocenters. The highest BCUT2D eigenvalue weighted by atomic mass is 16.4. The fourth-order valence-electron chi connectivity index (χ4n) is 2.36. The van der Waals surface area contributed by atoms with Crippen LogP contribution in [0.5, 0.6) is 0 Å². The van der Waals surface area contributed by atoms with Crippen LogP contribution < -0.4 is 5.32 Å². The number of aliphatic carboxylic acids is 1. The van der Waals surface area contributed by atoms with E-state index < -0.39 is 5.97 Å². The molecule has 1 aliphatic carbocycles. The number of carboxylic acids is 1. The molecule has 20 heavy (non-hydrogen) atoms. The van der Waals surface area contributed by atoms with Gasteiger partial charge in [0.05, 0.1) is 5.56 Å². The molecular formula is C15H18N2O3. The first kappa shape index (κ1) is 14.2. The minimum Gasteiger partial charge on any atom is -0.478 e. The molecule has 106 valence electrons. The van der Waals surface area contributed by atoms with E-state index in [1.807, 2.05) is 0 Å². The third-order valence-electron chi connectivity index (χ3n) is 3.38. The summed E-state index contributed by atoms with van der Waals surface area (Å²) in [6.07, 6.45) is 11.1. The zero-order valence-electron chi connectivity index (χ0n) is 11.2. The maximum absolute atomic E-state index is 12.1. The lowest BCUT2D eigenvalue weighted by atomic mass is 9.95. The Balaban J connectivity index is 2.02. The zero-order valence-corrected chi connectivity index (χ0v) is 11.2. The topological polar surface area (TPSA) is 79.3 Å². The normalized spacial score (nSPS) is 16.2. The van der Waals surface area contributed by atoms with E-state index >= 15 is 0 Å². The molecule has 1 saturated carbocycles. The second kappa shape index (κ2) is 6.84. The van der Waals surface area contributed by atoms with Gasteiger partial charge in [0.25, 0.3) is 5.91 Å². The summed E-state index contributed by atoms with van der Waals surface area (Å²) in [5.41, 5.74) is 1.06. The van der Waals surface area contributed by atoms with Crippen molar-refractivity contribution in [3.05, 3.63) is 35.7 Å². The average molecular weight is 274 g/mol. The molecule has 0 bridgehead atoms. The number of carboxylic acid groups (broad SMARTS) is 1. The molecule has 0 atom stereocenters. The van der Waals surface area contributed by atoms with Gasteiger partial charge in [-0.15, -0.1) is 0 Å². The largest absolute Gasteiger partial charge is 0.478 e. The monoisotopic (exact) mass is 274 g/mol. The maximum atomic E-state index is 12.1. The van der Waals surface area contributed by atoms with Crippen LogP contribution in [0.3, 0.4) is 0 Å². The van der Waals surface area contributed by atoms with Crippen LogP contribution >= 0.6 is 0 Å². The summed E-state index contributed by atoms with van der Waals surface area (Å²) >= 11 is 0. The highest BCUT2D eigenvalue weighted by Crippen LogP contribution is 2.18. The maximum Gasteiger partial charge on any atom is 0.328 e. The molecule has 2 N–H and O–H groups in total. The number of aromatic nitrogens is 1. The van der Waals surface area contributed by atoms with Crippen LogP contribution in [0, 0.1) is 0 Å². The number of rotatable bonds is 4. The standard InChI is InChI=1S/C15H18N2O3/c18-14(19)7-6-11-8-12(10-16-9-11)15(20)17-13-4-2-1-3-5-13/h6-10,13H,1-5H2,(H,17,20)(H,18,19). The predicted molar refractivity (Wildman–Crippen MR) is 75.2 cm³/mol. The Morgan fingerprint density at radius 1 is 1.25 bits per heavy atom. The first-order chi connectivity index (χ1) is 9.65. The number of carbonyl (C=O) groups excluding carboxylic acids is 1. The van der Waals surface area contributed by atoms with Gasteiger partial charge < -0.3 is 10.4 Å². The number of carbonyl (C=O) groups is 2. The van der Waals surface area contributed by atoms with E-state index in [0.717, 1.165) is 31.8 Å². The van der Waals surface area contributed by atoms with E-state index in [0.29, 0.717) is 11.1 Å². The van der Waals surface area contributed by atoms with Crippen LogP contribution in [0.15, 0.2) is 24.5 Å². The Bertz CT molecular complexity index is 520. The number of hydrogen-bond donors (Lipinski definition) is 2. The van der Waals surface area contributed by atoms with Gasteiger partial charge in [0, 0.05) is 24.5 Å². The van der Waals surface area contributed by atoms with E-state index in [4.69, 9.17) is 5.11 Å². The van der Waals surface area contributed by atoms with Crippen LogP contribution in [0.1, 0.15) is 48.0 Å². The lowest BCUT2D eigenvalue weighted by molar-refractivity contribution is -0.131. The van der Waals surface area contributed by atoms with Gasteiger partial charge in [0.1, 0.15) is 0 Å². The molecule has 1 amide bonds. The molecule has 1 fully saturated rings. The summed E-state index contributed by atoms with van der Waals surface area (Å²) in [7, 11) is 0. The van der Waals surface area contributed by atoms with Crippen molar-refractivity contribution in [3.63, 3.8) is 0 Å². The Morgan fingerprint density at radius 2 is 2.00 bits per heavy atom. The van der Waals surface area contributed by atoms with Crippen molar-refractivity contribution in [2.24, 2.45) is 0 Å². The number of hydrogen-bond acceptors (Lipinski definition) is 3. The molecule has 0 aliphatic heterocycles. The van der Waals surface area contributed by atoms with Gasteiger partial charge >= 0.3 is 5.97 Å². The van der Waals surface area contributed by atoms with E-state index in [1.165, 1.54) is 24.9 Å². The summed E-state index contributed by atoms with van der Waals surface area (Å²) in [4.78, 5) is 26.6. The van der Waals surface area contributed by atoms with Gasteiger partial charge in [-0.1, -0.05) is 19.3 Å². The predicted octanol–water partition coefficient (Wildman–Crippen LogP) is 2.24. The highest BCUT2D eigenvalue weighted by Gasteiger charge is 2.16. The zero-order chi connectivity index (χ0) is 14.4. The third kappa shape index (κ3) is 4.19. The van der Waals surface area contributed by atoms with Crippen LogP contribution in [-0.2, 0) is 4.79 Å². The van der Waals surface area contributed by atoms with Crippen LogP contribution in [0.4, 0.5) is 0 Å². The first-order valence-corrected chi connectivity index (χ1v) is 6.82. The second-order valence-corrected chi connectivity index (χ2v) is 4.99. The summed E-state index contributed by atoms with van der Waals surface area (Å²) in [5, 5.41) is 11.6. The van der Waals surface area contributed by atoms with Gasteiger partial charge in [0.15, 0.2) is 0 Å². The average Bonchev–Trinajstić information content (AvgIpc) is 2.46. The van der Waals surface area contributed by atoms with Crippen LogP contribution in [0.2, 0.25) is 0 Å². The molecule has 0 aromatic carbocycles. The Morgan fingerprint density at radius 3 is 2.70 bits per heavy atom. The summed E-state index contributed by atoms with van der Waals surface area (Å²) in [6.45, 7) is 0. The van der Waals surface area contributed by atoms with Crippen LogP contribution in [-0.4, -0.2) is 28.0 Å². The Hall–Kier alpha value is -2.17. The molecule has 0 radical (unpaired) electrons. The summed E-state index contributed by atoms with van der Waals surface area (Å²) in [6, 6.07) is 1.89. The minimum atomic E-state index is -1.03. The van der Waals surface area contributed by atoms with E-state index in [1.54, 1.807) is 6.07 Å². The first-order valence-electron chi connectivity index (χ1n) is 6.82. The molecule has 2 rings (SSSR count). The fourth-order valence-corrected chi connectivity index (χ4v) is 2.36. The number of nitrogens with zero attached hydrogens (tertiary/aromatic N) is 1. The molecule has 5 heteroatoms. The van der Waals surface area contributed by atoms with Crippen molar-refractivity contribution in [2.45, 2.75) is 38.1 Å². The van der Waals surface area contributed by atoms with Crippen molar-refractivity contribution in [1.82, 2.24) is 10.3 Å². The number of amides is 1. The molecule has 1 aromatic heterocycles. The summed E-state index contributed by atoms with van der Waals surface area (Å²) in [5.74, 6) is -1.17. The highest BCUT2D eigenvalue weighted by molar-refractivity contribution is 5.95. The molecule has 0 saturated heterocycles. The van der Waals surface area contributed by atoms with Crippen molar-refractivity contribution in [3.8, 4) is 0 Å². The van der Waals surface area contributed by atoms with Crippen molar-refractivity contribution < 1.29 is 14.7 Å². The molecule has 0 spiro atoms. The van der Waals surface area contributed by atoms with Crippen molar-refractivity contribution in [1.29, 1.82) is 0 Å². The van der Waals surface area contributed by atoms with Gasteiger partial charge in [-0.05, 0) is 30.5 Å². The second-order valence-electron chi connectivity index (χ2n) is 4.99. The van der Waals surface area contributed by atoms with Gasteiger partial charge in [-0.2, -0.15) is 0 Å². The van der Waals surface area contributed by atoms with E-state index in [9.17, 15) is 9.59 Å². The Labute approximate surface area is 117 Å². The minimum absolute atomic E-state index is 0.144. The molecule has 1 aliphatic rings.